The number of fused-ring (bicyclic) bond motifs is 1. The Labute approximate surface area is 244 Å². The fraction of sp³-hybridized carbons (Fsp3) is 0.276. The van der Waals surface area contributed by atoms with Gasteiger partial charge in [-0.15, -0.1) is 0 Å². The number of likely N-dealkylation sites (N-methyl/N-ethyl adjacent to an activating group) is 1. The molecule has 42 heavy (non-hydrogen) atoms. The number of phosphoric ester groups is 1. The molecule has 0 atom stereocenters. The molecule has 13 heteroatoms. The molecule has 0 bridgehead atoms. The number of nitrogens with one attached hydrogen (secondary N) is 1. The molecule has 218 valence electrons. The van der Waals surface area contributed by atoms with E-state index in [0.29, 0.717) is 17.9 Å². The van der Waals surface area contributed by atoms with Gasteiger partial charge in [0.25, 0.3) is 0 Å². The fourth-order valence-electron chi connectivity index (χ4n) is 4.10. The lowest BCUT2D eigenvalue weighted by Crippen LogP contribution is -2.13. The van der Waals surface area contributed by atoms with Gasteiger partial charge in [-0.3, -0.25) is 23.3 Å². The number of aromatic nitrogens is 4. The summed E-state index contributed by atoms with van der Waals surface area (Å²) in [7, 11) is 0.0653. The van der Waals surface area contributed by atoms with Gasteiger partial charge in [0.1, 0.15) is 24.1 Å². The highest BCUT2D eigenvalue weighted by Crippen LogP contribution is 2.49. The van der Waals surface area contributed by atoms with Gasteiger partial charge in [0, 0.05) is 59.5 Å². The highest BCUT2D eigenvalue weighted by atomic mass is 31.2. The summed E-state index contributed by atoms with van der Waals surface area (Å²) in [5.74, 6) is -0.258. The quantitative estimate of drug-likeness (QED) is 0.162. The third-order valence-corrected chi connectivity index (χ3v) is 7.49. The second-order valence-electron chi connectivity index (χ2n) is 9.31. The number of hydrogen-bond acceptors (Lipinski definition) is 10. The maximum absolute atomic E-state index is 12.9. The number of anilines is 1. The molecular weight excluding hydrogens is 557 g/mol. The first-order valence-electron chi connectivity index (χ1n) is 13.2. The van der Waals surface area contributed by atoms with Gasteiger partial charge in [0.2, 0.25) is 5.91 Å². The van der Waals surface area contributed by atoms with Crippen molar-refractivity contribution in [2.75, 3.05) is 39.2 Å². The summed E-state index contributed by atoms with van der Waals surface area (Å²) in [5, 5.41) is 13.0. The maximum atomic E-state index is 12.9. The summed E-state index contributed by atoms with van der Waals surface area (Å²) < 4.78 is 30.8. The first kappa shape index (κ1) is 30.7. The lowest BCUT2D eigenvalue weighted by atomic mass is 10.0. The summed E-state index contributed by atoms with van der Waals surface area (Å²) in [4.78, 5) is 27.4. The highest BCUT2D eigenvalue weighted by Gasteiger charge is 2.26. The van der Waals surface area contributed by atoms with Crippen LogP contribution in [-0.2, 0) is 29.7 Å². The monoisotopic (exact) mass is 589 g/mol. The number of carbonyl (C=O) groups excluding carboxylic acids is 1. The zero-order chi connectivity index (χ0) is 30.1. The van der Waals surface area contributed by atoms with E-state index >= 15 is 0 Å². The molecule has 0 aromatic carbocycles. The Kier molecular flexibility index (Phi) is 10.3. The zero-order valence-corrected chi connectivity index (χ0v) is 24.7. The largest absolute Gasteiger partial charge is 0.476 e. The van der Waals surface area contributed by atoms with E-state index in [1.807, 2.05) is 31.1 Å². The molecule has 0 aliphatic heterocycles. The Morgan fingerprint density at radius 2 is 1.83 bits per heavy atom. The van der Waals surface area contributed by atoms with Crippen molar-refractivity contribution in [3.05, 3.63) is 73.1 Å². The molecule has 1 N–H and O–H groups in total. The van der Waals surface area contributed by atoms with Crippen molar-refractivity contribution in [2.24, 2.45) is 0 Å². The topological polar surface area (TPSA) is 144 Å². The van der Waals surface area contributed by atoms with Gasteiger partial charge in [-0.05, 0) is 57.8 Å². The Morgan fingerprint density at radius 1 is 1.07 bits per heavy atom. The number of hydrogen-bond donors (Lipinski definition) is 1. The van der Waals surface area contributed by atoms with Crippen molar-refractivity contribution in [3.63, 3.8) is 0 Å². The first-order chi connectivity index (χ1) is 20.2. The lowest BCUT2D eigenvalue weighted by molar-refractivity contribution is -0.111. The summed E-state index contributed by atoms with van der Waals surface area (Å²) in [5.41, 5.74) is 4.33. The van der Waals surface area contributed by atoms with Crippen LogP contribution in [0.4, 0.5) is 5.69 Å². The molecule has 0 saturated carbocycles. The SMILES string of the molecule is CCOP(=O)(OCC)OCn1cc(-c2ccnc(C#N)c2)c2cc(-c3cncc(NC(=O)/C=C/CN(C)C)c3)cnc21. The fourth-order valence-corrected chi connectivity index (χ4v) is 5.22. The molecule has 0 unspecified atom stereocenters. The van der Waals surface area contributed by atoms with Crippen LogP contribution in [-0.4, -0.2) is 64.2 Å². The number of pyridine rings is 3. The van der Waals surface area contributed by atoms with Crippen LogP contribution in [0, 0.1) is 11.3 Å². The van der Waals surface area contributed by atoms with Crippen LogP contribution in [0.1, 0.15) is 19.5 Å². The van der Waals surface area contributed by atoms with E-state index in [1.54, 1.807) is 67.6 Å². The minimum absolute atomic E-state index is 0.152. The van der Waals surface area contributed by atoms with Gasteiger partial charge in [-0.2, -0.15) is 5.26 Å². The molecule has 4 aromatic heterocycles. The van der Waals surface area contributed by atoms with Gasteiger partial charge >= 0.3 is 7.82 Å². The second-order valence-corrected chi connectivity index (χ2v) is 11.0. The predicted octanol–water partition coefficient (Wildman–Crippen LogP) is 5.24. The van der Waals surface area contributed by atoms with Crippen molar-refractivity contribution >= 4 is 30.5 Å². The van der Waals surface area contributed by atoms with E-state index in [1.165, 1.54) is 6.08 Å². The molecule has 0 aliphatic rings. The zero-order valence-electron chi connectivity index (χ0n) is 23.9. The normalized spacial score (nSPS) is 11.8. The van der Waals surface area contributed by atoms with Crippen molar-refractivity contribution in [2.45, 2.75) is 20.6 Å². The average molecular weight is 590 g/mol. The van der Waals surface area contributed by atoms with Crippen LogP contribution < -0.4 is 5.32 Å². The van der Waals surface area contributed by atoms with Gasteiger partial charge in [0.05, 0.1) is 25.1 Å². The number of nitriles is 1. The summed E-state index contributed by atoms with van der Waals surface area (Å²) in [6.07, 6.45) is 11.6. The molecule has 0 fully saturated rings. The Bertz CT molecular complexity index is 1670. The van der Waals surface area contributed by atoms with E-state index in [4.69, 9.17) is 13.6 Å². The molecule has 0 saturated heterocycles. The predicted molar refractivity (Wildman–Crippen MR) is 159 cm³/mol. The summed E-state index contributed by atoms with van der Waals surface area (Å²) >= 11 is 0. The number of phosphoric acid groups is 1. The number of amides is 1. The third-order valence-electron chi connectivity index (χ3n) is 5.91. The van der Waals surface area contributed by atoms with Crippen LogP contribution in [0.2, 0.25) is 0 Å². The number of nitrogens with zero attached hydrogens (tertiary/aromatic N) is 6. The van der Waals surface area contributed by atoms with Crippen LogP contribution >= 0.6 is 7.82 Å². The Morgan fingerprint density at radius 3 is 2.55 bits per heavy atom. The van der Waals surface area contributed by atoms with Gasteiger partial charge in [-0.25, -0.2) is 14.5 Å². The minimum Gasteiger partial charge on any atom is -0.321 e. The molecule has 4 aromatic rings. The standard InChI is InChI=1S/C29H32N7O5P/c1-5-39-42(38,40-6-2)41-20-36-19-27(21-9-10-32-24(12-21)15-30)26-14-23(17-33-29(26)36)22-13-25(18-31-16-22)34-28(37)8-7-11-35(3)4/h7-10,12-14,16-19H,5-6,11,20H2,1-4H3,(H,34,37)/b8-7+. The molecule has 1 amide bonds. The molecule has 12 nitrogen and oxygen atoms in total. The van der Waals surface area contributed by atoms with Crippen molar-refractivity contribution in [3.8, 4) is 28.3 Å². The molecule has 0 spiro atoms. The van der Waals surface area contributed by atoms with E-state index in [0.717, 1.165) is 27.6 Å². The van der Waals surface area contributed by atoms with Gasteiger partial charge in [-0.1, -0.05) is 6.08 Å². The van der Waals surface area contributed by atoms with Crippen LogP contribution in [0.3, 0.4) is 0 Å². The maximum Gasteiger partial charge on any atom is 0.476 e. The van der Waals surface area contributed by atoms with E-state index < -0.39 is 7.82 Å². The van der Waals surface area contributed by atoms with Gasteiger partial charge in [0.15, 0.2) is 0 Å². The van der Waals surface area contributed by atoms with Crippen LogP contribution in [0.25, 0.3) is 33.3 Å². The second kappa shape index (κ2) is 14.1. The van der Waals surface area contributed by atoms with E-state index in [2.05, 4.69) is 26.3 Å². The van der Waals surface area contributed by atoms with E-state index in [-0.39, 0.29) is 31.5 Å². The minimum atomic E-state index is -3.78. The molecular formula is C29H32N7O5P. The first-order valence-corrected chi connectivity index (χ1v) is 14.7. The average Bonchev–Trinajstić information content (AvgIpc) is 3.34. The molecule has 0 radical (unpaired) electrons. The number of rotatable bonds is 13. The van der Waals surface area contributed by atoms with Gasteiger partial charge < -0.3 is 14.8 Å². The molecule has 4 rings (SSSR count). The summed E-state index contributed by atoms with van der Waals surface area (Å²) in [6, 6.07) is 9.29. The number of carbonyl (C=O) groups is 1. The molecule has 4 heterocycles. The van der Waals surface area contributed by atoms with Crippen molar-refractivity contribution in [1.29, 1.82) is 5.26 Å². The van der Waals surface area contributed by atoms with Crippen LogP contribution in [0.15, 0.2) is 67.4 Å². The lowest BCUT2D eigenvalue weighted by Gasteiger charge is -2.16. The smallest absolute Gasteiger partial charge is 0.321 e. The van der Waals surface area contributed by atoms with Crippen molar-refractivity contribution < 1.29 is 22.9 Å². The van der Waals surface area contributed by atoms with Crippen LogP contribution in [0.5, 0.6) is 0 Å². The Hall–Kier alpha value is -4.24. The molecule has 0 aliphatic carbocycles. The third kappa shape index (κ3) is 7.73. The summed E-state index contributed by atoms with van der Waals surface area (Å²) in [6.45, 7) is 4.21. The Balaban J connectivity index is 1.71. The van der Waals surface area contributed by atoms with E-state index in [9.17, 15) is 14.6 Å². The van der Waals surface area contributed by atoms with Crippen molar-refractivity contribution in [1.82, 2.24) is 24.4 Å². The highest BCUT2D eigenvalue weighted by molar-refractivity contribution is 7.48.